The summed E-state index contributed by atoms with van der Waals surface area (Å²) in [6, 6.07) is 18.4. The van der Waals surface area contributed by atoms with Crippen molar-refractivity contribution in [2.45, 2.75) is 13.3 Å². The number of nitrogens with one attached hydrogen (secondary N) is 2. The second kappa shape index (κ2) is 8.71. The minimum atomic E-state index is -3.51. The highest BCUT2D eigenvalue weighted by Gasteiger charge is 2.12. The van der Waals surface area contributed by atoms with Crippen molar-refractivity contribution in [2.75, 3.05) is 22.9 Å². The number of methoxy groups -OCH3 is 1. The molecule has 0 bridgehead atoms. The van der Waals surface area contributed by atoms with Gasteiger partial charge in [0.2, 0.25) is 10.0 Å². The molecule has 0 radical (unpaired) electrons. The van der Waals surface area contributed by atoms with Crippen LogP contribution in [0.5, 0.6) is 5.75 Å². The second-order valence-corrected chi connectivity index (χ2v) is 8.13. The number of rotatable bonds is 8. The Morgan fingerprint density at radius 2 is 1.68 bits per heavy atom. The Bertz CT molecular complexity index is 1020. The Kier molecular flexibility index (Phi) is 6.10. The van der Waals surface area contributed by atoms with Crippen LogP contribution >= 0.6 is 0 Å². The molecule has 146 valence electrons. The third kappa shape index (κ3) is 5.43. The van der Waals surface area contributed by atoms with Crippen molar-refractivity contribution < 1.29 is 13.2 Å². The number of hydrogen-bond acceptors (Lipinski definition) is 6. The SMILES string of the molecule is COc1ccc(C)cc1Nc1ccc(NS(=O)(=O)CCc2ccccc2)nn1. The molecule has 0 aliphatic heterocycles. The molecule has 0 unspecified atom stereocenters. The average Bonchev–Trinajstić information content (AvgIpc) is 2.69. The van der Waals surface area contributed by atoms with E-state index in [2.05, 4.69) is 20.2 Å². The lowest BCUT2D eigenvalue weighted by molar-refractivity contribution is 0.416. The number of anilines is 3. The van der Waals surface area contributed by atoms with E-state index in [9.17, 15) is 8.42 Å². The normalized spacial score (nSPS) is 11.1. The molecule has 0 fully saturated rings. The van der Waals surface area contributed by atoms with E-state index in [4.69, 9.17) is 4.74 Å². The molecule has 2 N–H and O–H groups in total. The summed E-state index contributed by atoms with van der Waals surface area (Å²) in [6.45, 7) is 1.98. The highest BCUT2D eigenvalue weighted by atomic mass is 32.2. The molecule has 0 spiro atoms. The van der Waals surface area contributed by atoms with E-state index in [-0.39, 0.29) is 11.6 Å². The first-order chi connectivity index (χ1) is 13.4. The summed E-state index contributed by atoms with van der Waals surface area (Å²) in [4.78, 5) is 0. The predicted molar refractivity (Wildman–Crippen MR) is 111 cm³/mol. The number of benzene rings is 2. The van der Waals surface area contributed by atoms with E-state index in [1.807, 2.05) is 55.5 Å². The van der Waals surface area contributed by atoms with Gasteiger partial charge in [-0.05, 0) is 48.7 Å². The number of nitrogens with zero attached hydrogens (tertiary/aromatic N) is 2. The van der Waals surface area contributed by atoms with Crippen LogP contribution in [0.2, 0.25) is 0 Å². The van der Waals surface area contributed by atoms with Gasteiger partial charge in [0, 0.05) is 0 Å². The van der Waals surface area contributed by atoms with Gasteiger partial charge in [-0.25, -0.2) is 8.42 Å². The maximum Gasteiger partial charge on any atom is 0.234 e. The Labute approximate surface area is 164 Å². The molecule has 7 nitrogen and oxygen atoms in total. The van der Waals surface area contributed by atoms with Gasteiger partial charge in [-0.15, -0.1) is 10.2 Å². The molecule has 0 saturated heterocycles. The monoisotopic (exact) mass is 398 g/mol. The fourth-order valence-corrected chi connectivity index (χ4v) is 3.65. The van der Waals surface area contributed by atoms with Gasteiger partial charge in [-0.2, -0.15) is 0 Å². The number of ether oxygens (including phenoxy) is 1. The van der Waals surface area contributed by atoms with Gasteiger partial charge >= 0.3 is 0 Å². The number of aromatic nitrogens is 2. The number of sulfonamides is 1. The smallest absolute Gasteiger partial charge is 0.234 e. The zero-order chi connectivity index (χ0) is 20.0. The van der Waals surface area contributed by atoms with Gasteiger partial charge in [0.25, 0.3) is 0 Å². The van der Waals surface area contributed by atoms with Crippen LogP contribution in [0, 0.1) is 6.92 Å². The van der Waals surface area contributed by atoms with Crippen LogP contribution in [-0.2, 0) is 16.4 Å². The van der Waals surface area contributed by atoms with Gasteiger partial charge in [0.15, 0.2) is 11.6 Å². The minimum Gasteiger partial charge on any atom is -0.495 e. The van der Waals surface area contributed by atoms with Crippen LogP contribution in [0.4, 0.5) is 17.3 Å². The average molecular weight is 398 g/mol. The molecular formula is C20H22N4O3S. The first-order valence-corrected chi connectivity index (χ1v) is 10.4. The first-order valence-electron chi connectivity index (χ1n) is 8.75. The lowest BCUT2D eigenvalue weighted by atomic mass is 10.2. The van der Waals surface area contributed by atoms with Crippen molar-refractivity contribution >= 4 is 27.3 Å². The molecule has 0 atom stereocenters. The zero-order valence-electron chi connectivity index (χ0n) is 15.7. The van der Waals surface area contributed by atoms with Crippen molar-refractivity contribution in [2.24, 2.45) is 0 Å². The predicted octanol–water partition coefficient (Wildman–Crippen LogP) is 3.52. The van der Waals surface area contributed by atoms with E-state index in [1.54, 1.807) is 19.2 Å². The largest absolute Gasteiger partial charge is 0.495 e. The summed E-state index contributed by atoms with van der Waals surface area (Å²) < 4.78 is 32.3. The topological polar surface area (TPSA) is 93.2 Å². The molecule has 0 aliphatic carbocycles. The van der Waals surface area contributed by atoms with Crippen LogP contribution in [-0.4, -0.2) is 31.5 Å². The Morgan fingerprint density at radius 1 is 0.964 bits per heavy atom. The van der Waals surface area contributed by atoms with E-state index < -0.39 is 10.0 Å². The van der Waals surface area contributed by atoms with E-state index in [1.165, 1.54) is 0 Å². The molecule has 28 heavy (non-hydrogen) atoms. The molecule has 0 saturated carbocycles. The molecule has 1 heterocycles. The summed E-state index contributed by atoms with van der Waals surface area (Å²) in [6.07, 6.45) is 0.427. The lowest BCUT2D eigenvalue weighted by Crippen LogP contribution is -2.19. The van der Waals surface area contributed by atoms with Crippen LogP contribution in [0.1, 0.15) is 11.1 Å². The van der Waals surface area contributed by atoms with Crippen LogP contribution in [0.25, 0.3) is 0 Å². The quantitative estimate of drug-likeness (QED) is 0.603. The zero-order valence-corrected chi connectivity index (χ0v) is 16.5. The Balaban J connectivity index is 1.63. The minimum absolute atomic E-state index is 0.0286. The van der Waals surface area contributed by atoms with Crippen LogP contribution in [0.3, 0.4) is 0 Å². The third-order valence-corrected chi connectivity index (χ3v) is 5.31. The lowest BCUT2D eigenvalue weighted by Gasteiger charge is -2.11. The standard InChI is InChI=1S/C20H22N4O3S/c1-15-8-9-18(27-2)17(14-15)21-19-10-11-20(23-22-19)24-28(25,26)13-12-16-6-4-3-5-7-16/h3-11,14H,12-13H2,1-2H3,(H,21,22)(H,23,24). The Morgan fingerprint density at radius 3 is 2.36 bits per heavy atom. The van der Waals surface area contributed by atoms with Crippen molar-refractivity contribution in [1.29, 1.82) is 0 Å². The Hall–Kier alpha value is -3.13. The number of aryl methyl sites for hydroxylation is 2. The molecule has 3 rings (SSSR count). The van der Waals surface area contributed by atoms with Gasteiger partial charge in [-0.3, -0.25) is 4.72 Å². The molecular weight excluding hydrogens is 376 g/mol. The summed E-state index contributed by atoms with van der Waals surface area (Å²) in [5.74, 6) is 1.31. The molecule has 0 amide bonds. The third-order valence-electron chi connectivity index (χ3n) is 4.04. The maximum atomic E-state index is 12.3. The van der Waals surface area contributed by atoms with Crippen LogP contribution in [0.15, 0.2) is 60.7 Å². The van der Waals surface area contributed by atoms with Gasteiger partial charge < -0.3 is 10.1 Å². The van der Waals surface area contributed by atoms with Gasteiger partial charge in [0.05, 0.1) is 18.6 Å². The van der Waals surface area contributed by atoms with Crippen molar-refractivity contribution in [3.05, 3.63) is 71.8 Å². The molecule has 8 heteroatoms. The van der Waals surface area contributed by atoms with Crippen molar-refractivity contribution in [1.82, 2.24) is 10.2 Å². The molecule has 0 aliphatic rings. The molecule has 3 aromatic rings. The van der Waals surface area contributed by atoms with Crippen LogP contribution < -0.4 is 14.8 Å². The maximum absolute atomic E-state index is 12.3. The molecule has 1 aromatic heterocycles. The van der Waals surface area contributed by atoms with Gasteiger partial charge in [0.1, 0.15) is 5.75 Å². The summed E-state index contributed by atoms with van der Waals surface area (Å²) >= 11 is 0. The summed E-state index contributed by atoms with van der Waals surface area (Å²) in [5, 5.41) is 11.1. The van der Waals surface area contributed by atoms with E-state index in [0.29, 0.717) is 18.0 Å². The number of hydrogen-bond donors (Lipinski definition) is 2. The first kappa shape index (κ1) is 19.6. The van der Waals surface area contributed by atoms with Gasteiger partial charge in [-0.1, -0.05) is 36.4 Å². The van der Waals surface area contributed by atoms with E-state index in [0.717, 1.165) is 16.8 Å². The summed E-state index contributed by atoms with van der Waals surface area (Å²) in [7, 11) is -1.92. The van der Waals surface area contributed by atoms with Crippen molar-refractivity contribution in [3.63, 3.8) is 0 Å². The second-order valence-electron chi connectivity index (χ2n) is 6.29. The van der Waals surface area contributed by atoms with Crippen molar-refractivity contribution in [3.8, 4) is 5.75 Å². The molecule has 2 aromatic carbocycles. The summed E-state index contributed by atoms with van der Waals surface area (Å²) in [5.41, 5.74) is 2.79. The van der Waals surface area contributed by atoms with E-state index >= 15 is 0 Å². The highest BCUT2D eigenvalue weighted by molar-refractivity contribution is 7.92. The fourth-order valence-electron chi connectivity index (χ4n) is 2.62. The highest BCUT2D eigenvalue weighted by Crippen LogP contribution is 2.27. The fraction of sp³-hybridized carbons (Fsp3) is 0.200.